The Morgan fingerprint density at radius 1 is 1.15 bits per heavy atom. The van der Waals surface area contributed by atoms with E-state index < -0.39 is 0 Å². The van der Waals surface area contributed by atoms with Gasteiger partial charge in [-0.1, -0.05) is 53.2 Å². The van der Waals surface area contributed by atoms with E-state index in [9.17, 15) is 4.39 Å². The Hall–Kier alpha value is -1.19. The molecule has 0 aromatic heterocycles. The summed E-state index contributed by atoms with van der Waals surface area (Å²) in [4.78, 5) is 0. The fourth-order valence-corrected chi connectivity index (χ4v) is 2.86. The van der Waals surface area contributed by atoms with E-state index in [0.717, 1.165) is 16.5 Å². The van der Waals surface area contributed by atoms with Gasteiger partial charge in [-0.05, 0) is 48.7 Å². The summed E-state index contributed by atoms with van der Waals surface area (Å²) in [5.41, 5.74) is 2.28. The SMILES string of the molecule is CNC(Cc1cc(F)ccc1Br)C(C)c1ccccc1. The molecule has 3 heteroatoms. The van der Waals surface area contributed by atoms with Crippen LogP contribution < -0.4 is 5.32 Å². The molecule has 0 aliphatic rings. The summed E-state index contributed by atoms with van der Waals surface area (Å²) >= 11 is 3.50. The molecule has 106 valence electrons. The molecule has 0 spiro atoms. The monoisotopic (exact) mass is 335 g/mol. The lowest BCUT2D eigenvalue weighted by atomic mass is 9.89. The first-order valence-corrected chi connectivity index (χ1v) is 7.57. The van der Waals surface area contributed by atoms with Gasteiger partial charge in [0.15, 0.2) is 0 Å². The molecule has 0 bridgehead atoms. The molecular formula is C17H19BrFN. The highest BCUT2D eigenvalue weighted by atomic mass is 79.9. The van der Waals surface area contributed by atoms with Gasteiger partial charge < -0.3 is 5.32 Å². The summed E-state index contributed by atoms with van der Waals surface area (Å²) in [6, 6.07) is 15.5. The second kappa shape index (κ2) is 7.00. The predicted molar refractivity (Wildman–Crippen MR) is 85.5 cm³/mol. The molecule has 1 nitrogen and oxygen atoms in total. The van der Waals surface area contributed by atoms with E-state index in [0.29, 0.717) is 5.92 Å². The number of likely N-dealkylation sites (N-methyl/N-ethyl adjacent to an activating group) is 1. The molecular weight excluding hydrogens is 317 g/mol. The Morgan fingerprint density at radius 2 is 1.85 bits per heavy atom. The maximum Gasteiger partial charge on any atom is 0.123 e. The predicted octanol–water partition coefficient (Wildman–Crippen LogP) is 4.52. The van der Waals surface area contributed by atoms with Gasteiger partial charge in [-0.2, -0.15) is 0 Å². The van der Waals surface area contributed by atoms with Crippen LogP contribution in [0.5, 0.6) is 0 Å². The lowest BCUT2D eigenvalue weighted by Crippen LogP contribution is -2.33. The Balaban J connectivity index is 2.18. The third kappa shape index (κ3) is 3.68. The van der Waals surface area contributed by atoms with Crippen molar-refractivity contribution in [1.29, 1.82) is 0 Å². The summed E-state index contributed by atoms with van der Waals surface area (Å²) in [6.45, 7) is 2.20. The van der Waals surface area contributed by atoms with Gasteiger partial charge in [0.2, 0.25) is 0 Å². The van der Waals surface area contributed by atoms with Gasteiger partial charge in [-0.15, -0.1) is 0 Å². The van der Waals surface area contributed by atoms with Crippen LogP contribution in [0.2, 0.25) is 0 Å². The van der Waals surface area contributed by atoms with E-state index in [1.165, 1.54) is 11.6 Å². The van der Waals surface area contributed by atoms with Crippen LogP contribution in [0.1, 0.15) is 24.0 Å². The highest BCUT2D eigenvalue weighted by Gasteiger charge is 2.18. The first-order chi connectivity index (χ1) is 9.61. The number of nitrogens with one attached hydrogen (secondary N) is 1. The third-order valence-corrected chi connectivity index (χ3v) is 4.52. The molecule has 0 radical (unpaired) electrons. The standard InChI is InChI=1S/C17H19BrFN/c1-12(13-6-4-3-5-7-13)17(20-2)11-14-10-15(19)8-9-16(14)18/h3-10,12,17,20H,11H2,1-2H3. The lowest BCUT2D eigenvalue weighted by Gasteiger charge is -2.24. The highest BCUT2D eigenvalue weighted by Crippen LogP contribution is 2.25. The highest BCUT2D eigenvalue weighted by molar-refractivity contribution is 9.10. The van der Waals surface area contributed by atoms with Gasteiger partial charge in [0, 0.05) is 10.5 Å². The number of hydrogen-bond acceptors (Lipinski definition) is 1. The molecule has 20 heavy (non-hydrogen) atoms. The average Bonchev–Trinajstić information content (AvgIpc) is 2.48. The van der Waals surface area contributed by atoms with E-state index >= 15 is 0 Å². The van der Waals surface area contributed by atoms with E-state index in [-0.39, 0.29) is 11.9 Å². The molecule has 0 fully saturated rings. The van der Waals surface area contributed by atoms with E-state index in [2.05, 4.69) is 52.4 Å². The minimum absolute atomic E-state index is 0.189. The van der Waals surface area contributed by atoms with Crippen LogP contribution in [-0.4, -0.2) is 13.1 Å². The minimum atomic E-state index is -0.189. The molecule has 0 aliphatic heterocycles. The van der Waals surface area contributed by atoms with E-state index in [1.807, 2.05) is 13.1 Å². The third-order valence-electron chi connectivity index (χ3n) is 3.75. The second-order valence-electron chi connectivity index (χ2n) is 5.03. The van der Waals surface area contributed by atoms with Crippen molar-refractivity contribution in [3.05, 3.63) is 69.9 Å². The molecule has 0 heterocycles. The van der Waals surface area contributed by atoms with Crippen LogP contribution in [0, 0.1) is 5.82 Å². The molecule has 2 rings (SSSR count). The summed E-state index contributed by atoms with van der Waals surface area (Å²) in [5, 5.41) is 3.35. The zero-order valence-electron chi connectivity index (χ0n) is 11.7. The largest absolute Gasteiger partial charge is 0.316 e. The van der Waals surface area contributed by atoms with Crippen LogP contribution in [-0.2, 0) is 6.42 Å². The normalized spacial score (nSPS) is 14.0. The molecule has 1 N–H and O–H groups in total. The number of rotatable bonds is 5. The zero-order valence-corrected chi connectivity index (χ0v) is 13.3. The van der Waals surface area contributed by atoms with Crippen molar-refractivity contribution in [2.75, 3.05) is 7.05 Å². The van der Waals surface area contributed by atoms with Crippen molar-refractivity contribution >= 4 is 15.9 Å². The number of halogens is 2. The van der Waals surface area contributed by atoms with Crippen LogP contribution >= 0.6 is 15.9 Å². The molecule has 0 saturated carbocycles. The Labute approximate surface area is 128 Å². The van der Waals surface area contributed by atoms with Crippen molar-refractivity contribution in [2.45, 2.75) is 25.3 Å². The van der Waals surface area contributed by atoms with E-state index in [1.54, 1.807) is 12.1 Å². The molecule has 2 atom stereocenters. The van der Waals surface area contributed by atoms with Crippen molar-refractivity contribution < 1.29 is 4.39 Å². The molecule has 0 saturated heterocycles. The van der Waals surface area contributed by atoms with Gasteiger partial charge in [0.1, 0.15) is 5.82 Å². The lowest BCUT2D eigenvalue weighted by molar-refractivity contribution is 0.481. The minimum Gasteiger partial charge on any atom is -0.316 e. The molecule has 2 aromatic carbocycles. The van der Waals surface area contributed by atoms with Gasteiger partial charge >= 0.3 is 0 Å². The molecule has 2 unspecified atom stereocenters. The fourth-order valence-electron chi connectivity index (χ4n) is 2.45. The second-order valence-corrected chi connectivity index (χ2v) is 5.89. The maximum absolute atomic E-state index is 13.4. The van der Waals surface area contributed by atoms with Crippen LogP contribution in [0.3, 0.4) is 0 Å². The van der Waals surface area contributed by atoms with Crippen molar-refractivity contribution in [1.82, 2.24) is 5.32 Å². The smallest absolute Gasteiger partial charge is 0.123 e. The zero-order chi connectivity index (χ0) is 14.5. The van der Waals surface area contributed by atoms with Crippen LogP contribution in [0.25, 0.3) is 0 Å². The average molecular weight is 336 g/mol. The first-order valence-electron chi connectivity index (χ1n) is 6.78. The topological polar surface area (TPSA) is 12.0 Å². The van der Waals surface area contributed by atoms with Gasteiger partial charge in [0.25, 0.3) is 0 Å². The number of hydrogen-bond donors (Lipinski definition) is 1. The summed E-state index contributed by atoms with van der Waals surface area (Å²) in [7, 11) is 1.96. The molecule has 0 aliphatic carbocycles. The van der Waals surface area contributed by atoms with Crippen LogP contribution in [0.15, 0.2) is 53.0 Å². The quantitative estimate of drug-likeness (QED) is 0.846. The van der Waals surface area contributed by atoms with Gasteiger partial charge in [-0.25, -0.2) is 4.39 Å². The Morgan fingerprint density at radius 3 is 2.50 bits per heavy atom. The Bertz CT molecular complexity index is 556. The molecule has 2 aromatic rings. The first kappa shape index (κ1) is 15.2. The Kier molecular flexibility index (Phi) is 5.32. The maximum atomic E-state index is 13.4. The fraction of sp³-hybridized carbons (Fsp3) is 0.294. The van der Waals surface area contributed by atoms with Crippen molar-refractivity contribution in [3.63, 3.8) is 0 Å². The number of benzene rings is 2. The van der Waals surface area contributed by atoms with Crippen molar-refractivity contribution in [3.8, 4) is 0 Å². The summed E-state index contributed by atoms with van der Waals surface area (Å²) in [5.74, 6) is 0.168. The van der Waals surface area contributed by atoms with Crippen LogP contribution in [0.4, 0.5) is 4.39 Å². The summed E-state index contributed by atoms with van der Waals surface area (Å²) in [6.07, 6.45) is 0.783. The van der Waals surface area contributed by atoms with Gasteiger partial charge in [-0.3, -0.25) is 0 Å². The summed E-state index contributed by atoms with van der Waals surface area (Å²) < 4.78 is 14.3. The van der Waals surface area contributed by atoms with Crippen molar-refractivity contribution in [2.24, 2.45) is 0 Å². The van der Waals surface area contributed by atoms with E-state index in [4.69, 9.17) is 0 Å². The molecule has 0 amide bonds. The van der Waals surface area contributed by atoms with Gasteiger partial charge in [0.05, 0.1) is 0 Å².